The number of aliphatic hydroxyl groups excluding tert-OH is 1. The summed E-state index contributed by atoms with van der Waals surface area (Å²) < 4.78 is 5.74. The Bertz CT molecular complexity index is 1110. The molecule has 2 N–H and O–H groups in total. The van der Waals surface area contributed by atoms with Crippen molar-refractivity contribution in [1.82, 2.24) is 29.7 Å². The summed E-state index contributed by atoms with van der Waals surface area (Å²) >= 11 is 0. The number of nitrogens with zero attached hydrogens (tertiary/aromatic N) is 5. The van der Waals surface area contributed by atoms with Crippen molar-refractivity contribution < 1.29 is 9.84 Å². The Morgan fingerprint density at radius 2 is 1.55 bits per heavy atom. The molecule has 0 amide bonds. The number of hydrogen-bond donors (Lipinski definition) is 2. The van der Waals surface area contributed by atoms with Gasteiger partial charge in [-0.25, -0.2) is 9.97 Å². The number of nitrogens with one attached hydrogen (secondary N) is 1. The lowest BCUT2D eigenvalue weighted by Crippen LogP contribution is -2.50. The molecule has 0 bridgehead atoms. The van der Waals surface area contributed by atoms with Crippen LogP contribution in [0.3, 0.4) is 0 Å². The topological polar surface area (TPSA) is 90.4 Å². The minimum atomic E-state index is -0.612. The number of piperazine rings is 1. The third kappa shape index (κ3) is 5.03. The summed E-state index contributed by atoms with van der Waals surface area (Å²) in [6, 6.07) is 21.6. The highest BCUT2D eigenvalue weighted by Gasteiger charge is 2.27. The van der Waals surface area contributed by atoms with E-state index in [1.165, 1.54) is 17.5 Å². The lowest BCUT2D eigenvalue weighted by atomic mass is 9.96. The zero-order chi connectivity index (χ0) is 22.5. The van der Waals surface area contributed by atoms with E-state index in [1.807, 2.05) is 0 Å². The van der Waals surface area contributed by atoms with Gasteiger partial charge in [0, 0.05) is 32.7 Å². The third-order valence-electron chi connectivity index (χ3n) is 6.07. The van der Waals surface area contributed by atoms with Gasteiger partial charge >= 0.3 is 0 Å². The van der Waals surface area contributed by atoms with E-state index in [-0.39, 0.29) is 12.6 Å². The molecule has 2 aromatic carbocycles. The summed E-state index contributed by atoms with van der Waals surface area (Å²) in [4.78, 5) is 20.2. The molecule has 3 heterocycles. The summed E-state index contributed by atoms with van der Waals surface area (Å²) in [6.45, 7) is 4.37. The van der Waals surface area contributed by atoms with Gasteiger partial charge in [-0.15, -0.1) is 0 Å². The molecule has 0 spiro atoms. The fraction of sp³-hybridized carbons (Fsp3) is 0.320. The van der Waals surface area contributed by atoms with Crippen LogP contribution in [0.15, 0.2) is 73.3 Å². The maximum absolute atomic E-state index is 10.6. The van der Waals surface area contributed by atoms with Crippen LogP contribution < -0.4 is 4.74 Å². The number of β-amino-alcohol motifs (C(OH)–C–C–N with tert-alkyl or cyclic N) is 1. The van der Waals surface area contributed by atoms with Crippen molar-refractivity contribution in [2.45, 2.75) is 12.1 Å². The van der Waals surface area contributed by atoms with Gasteiger partial charge in [-0.3, -0.25) is 9.80 Å². The van der Waals surface area contributed by atoms with Crippen molar-refractivity contribution in [2.24, 2.45) is 0 Å². The molecule has 2 aromatic heterocycles. The molecule has 1 unspecified atom stereocenters. The first-order chi connectivity index (χ1) is 16.3. The SMILES string of the molecule is OC(COc1ncnc2[nH]cnc12)CN1CCN(C(c2ccccc2)c2ccccc2)CC1. The molecule has 1 saturated heterocycles. The minimum absolute atomic E-state index is 0.163. The number of aliphatic hydroxyl groups is 1. The van der Waals surface area contributed by atoms with Gasteiger partial charge in [-0.2, -0.15) is 4.98 Å². The number of rotatable bonds is 8. The predicted octanol–water partition coefficient (Wildman–Crippen LogP) is 2.50. The first-order valence-corrected chi connectivity index (χ1v) is 11.3. The maximum Gasteiger partial charge on any atom is 0.245 e. The molecule has 8 heteroatoms. The Kier molecular flexibility index (Phi) is 6.57. The molecule has 5 rings (SSSR count). The van der Waals surface area contributed by atoms with Crippen molar-refractivity contribution in [3.8, 4) is 5.88 Å². The molecule has 33 heavy (non-hydrogen) atoms. The first-order valence-electron chi connectivity index (χ1n) is 11.3. The van der Waals surface area contributed by atoms with Crippen LogP contribution in [0.5, 0.6) is 5.88 Å². The van der Waals surface area contributed by atoms with E-state index in [9.17, 15) is 5.11 Å². The second-order valence-electron chi connectivity index (χ2n) is 8.30. The van der Waals surface area contributed by atoms with E-state index in [1.54, 1.807) is 6.33 Å². The van der Waals surface area contributed by atoms with Crippen LogP contribution in [-0.2, 0) is 0 Å². The number of imidazole rings is 1. The molecule has 170 valence electrons. The second kappa shape index (κ2) is 10.1. The predicted molar refractivity (Wildman–Crippen MR) is 126 cm³/mol. The second-order valence-corrected chi connectivity index (χ2v) is 8.30. The number of hydrogen-bond acceptors (Lipinski definition) is 7. The van der Waals surface area contributed by atoms with Crippen molar-refractivity contribution in [2.75, 3.05) is 39.3 Å². The van der Waals surface area contributed by atoms with Gasteiger partial charge in [0.2, 0.25) is 5.88 Å². The van der Waals surface area contributed by atoms with Crippen LogP contribution in [0.25, 0.3) is 11.2 Å². The molecule has 0 radical (unpaired) electrons. The number of benzene rings is 2. The summed E-state index contributed by atoms with van der Waals surface area (Å²) in [6.07, 6.45) is 2.37. The fourth-order valence-corrected chi connectivity index (χ4v) is 4.46. The summed E-state index contributed by atoms with van der Waals surface area (Å²) in [5.74, 6) is 0.388. The Hall–Kier alpha value is -3.33. The summed E-state index contributed by atoms with van der Waals surface area (Å²) in [5, 5.41) is 10.6. The third-order valence-corrected chi connectivity index (χ3v) is 6.07. The number of H-pyrrole nitrogens is 1. The Balaban J connectivity index is 1.17. The molecule has 8 nitrogen and oxygen atoms in total. The van der Waals surface area contributed by atoms with E-state index < -0.39 is 6.10 Å². The van der Waals surface area contributed by atoms with Gasteiger partial charge in [0.05, 0.1) is 12.4 Å². The number of aromatic nitrogens is 4. The molecule has 1 atom stereocenters. The van der Waals surface area contributed by atoms with E-state index in [2.05, 4.69) is 90.4 Å². The van der Waals surface area contributed by atoms with Crippen LogP contribution >= 0.6 is 0 Å². The van der Waals surface area contributed by atoms with Gasteiger partial charge in [0.1, 0.15) is 19.0 Å². The highest BCUT2D eigenvalue weighted by atomic mass is 16.5. The number of ether oxygens (including phenoxy) is 1. The van der Waals surface area contributed by atoms with Gasteiger partial charge < -0.3 is 14.8 Å². The van der Waals surface area contributed by atoms with E-state index in [0.717, 1.165) is 26.2 Å². The lowest BCUT2D eigenvalue weighted by Gasteiger charge is -2.40. The smallest absolute Gasteiger partial charge is 0.245 e. The van der Waals surface area contributed by atoms with E-state index in [0.29, 0.717) is 23.6 Å². The minimum Gasteiger partial charge on any atom is -0.473 e. The van der Waals surface area contributed by atoms with Gasteiger partial charge in [-0.05, 0) is 11.1 Å². The standard InChI is InChI=1S/C25H28N6O2/c32-21(16-33-25-22-24(27-17-26-22)28-18-29-25)15-30-11-13-31(14-12-30)23(19-7-3-1-4-8-19)20-9-5-2-6-10-20/h1-10,17-18,21,23,32H,11-16H2,(H,26,27,28,29). The van der Waals surface area contributed by atoms with Gasteiger partial charge in [0.25, 0.3) is 0 Å². The van der Waals surface area contributed by atoms with E-state index in [4.69, 9.17) is 4.74 Å². The zero-order valence-corrected chi connectivity index (χ0v) is 18.4. The fourth-order valence-electron chi connectivity index (χ4n) is 4.46. The molecule has 1 fully saturated rings. The average molecular weight is 445 g/mol. The van der Waals surface area contributed by atoms with Crippen molar-refractivity contribution in [1.29, 1.82) is 0 Å². The monoisotopic (exact) mass is 444 g/mol. The van der Waals surface area contributed by atoms with Crippen molar-refractivity contribution in [3.63, 3.8) is 0 Å². The summed E-state index contributed by atoms with van der Waals surface area (Å²) in [7, 11) is 0. The van der Waals surface area contributed by atoms with E-state index >= 15 is 0 Å². The van der Waals surface area contributed by atoms with Crippen molar-refractivity contribution >= 4 is 11.2 Å². The maximum atomic E-state index is 10.6. The average Bonchev–Trinajstić information content (AvgIpc) is 3.35. The highest BCUT2D eigenvalue weighted by Crippen LogP contribution is 2.29. The highest BCUT2D eigenvalue weighted by molar-refractivity contribution is 5.74. The number of aromatic amines is 1. The van der Waals surface area contributed by atoms with Crippen LogP contribution in [0, 0.1) is 0 Å². The van der Waals surface area contributed by atoms with Crippen molar-refractivity contribution in [3.05, 3.63) is 84.4 Å². The Morgan fingerprint density at radius 3 is 2.21 bits per heavy atom. The largest absolute Gasteiger partial charge is 0.473 e. The first kappa shape index (κ1) is 21.5. The molecular formula is C25H28N6O2. The molecule has 0 aliphatic carbocycles. The Labute approximate surface area is 192 Å². The quantitative estimate of drug-likeness (QED) is 0.432. The van der Waals surface area contributed by atoms with Gasteiger partial charge in [0.15, 0.2) is 11.2 Å². The lowest BCUT2D eigenvalue weighted by molar-refractivity contribution is 0.0394. The molecule has 1 aliphatic heterocycles. The van der Waals surface area contributed by atoms with Crippen LogP contribution in [0.1, 0.15) is 17.2 Å². The molecular weight excluding hydrogens is 416 g/mol. The van der Waals surface area contributed by atoms with Crippen LogP contribution in [0.4, 0.5) is 0 Å². The normalized spacial score (nSPS) is 16.3. The molecule has 0 saturated carbocycles. The zero-order valence-electron chi connectivity index (χ0n) is 18.4. The number of fused-ring (bicyclic) bond motifs is 1. The van der Waals surface area contributed by atoms with Gasteiger partial charge in [-0.1, -0.05) is 60.7 Å². The summed E-state index contributed by atoms with van der Waals surface area (Å²) in [5.41, 5.74) is 3.81. The molecule has 1 aliphatic rings. The van der Waals surface area contributed by atoms with Crippen LogP contribution in [-0.4, -0.2) is 80.3 Å². The molecule has 4 aromatic rings. The Morgan fingerprint density at radius 1 is 0.879 bits per heavy atom. The van der Waals surface area contributed by atoms with Crippen LogP contribution in [0.2, 0.25) is 0 Å².